The summed E-state index contributed by atoms with van der Waals surface area (Å²) in [6.45, 7) is 10.6. The highest BCUT2D eigenvalue weighted by atomic mass is 16.7. The van der Waals surface area contributed by atoms with Gasteiger partial charge in [-0.05, 0) is 37.4 Å². The Kier molecular flexibility index (Phi) is 7.58. The lowest BCUT2D eigenvalue weighted by Gasteiger charge is -2.32. The van der Waals surface area contributed by atoms with Gasteiger partial charge in [0.15, 0.2) is 11.5 Å². The first kappa shape index (κ1) is 17.8. The number of hydrogen-bond acceptors (Lipinski definition) is 3. The van der Waals surface area contributed by atoms with Crippen LogP contribution in [0.15, 0.2) is 12.1 Å². The molecule has 1 heterocycles. The fourth-order valence-corrected chi connectivity index (χ4v) is 3.06. The summed E-state index contributed by atoms with van der Waals surface area (Å²) >= 11 is 0. The Morgan fingerprint density at radius 1 is 1.10 bits per heavy atom. The number of ether oxygens (including phenoxy) is 2. The van der Waals surface area contributed by atoms with Crippen LogP contribution in [0.25, 0.3) is 0 Å². The van der Waals surface area contributed by atoms with Crippen molar-refractivity contribution in [3.05, 3.63) is 23.3 Å². The van der Waals surface area contributed by atoms with E-state index < -0.39 is 0 Å². The van der Waals surface area contributed by atoms with Crippen LogP contribution in [0.3, 0.4) is 0 Å². The van der Waals surface area contributed by atoms with Gasteiger partial charge in [0.05, 0.1) is 0 Å². The molecular weight excluding hydrogens is 262 g/mol. The molecule has 0 fully saturated rings. The molecule has 21 heavy (non-hydrogen) atoms. The molecule has 0 saturated carbocycles. The second-order valence-electron chi connectivity index (χ2n) is 4.91. The Bertz CT molecular complexity index is 431. The van der Waals surface area contributed by atoms with Crippen molar-refractivity contribution in [2.45, 2.75) is 59.9 Å². The maximum atomic E-state index is 5.62. The average molecular weight is 293 g/mol. The summed E-state index contributed by atoms with van der Waals surface area (Å²) in [5.41, 5.74) is 2.79. The third kappa shape index (κ3) is 3.70. The molecule has 0 amide bonds. The topological polar surface area (TPSA) is 30.5 Å². The summed E-state index contributed by atoms with van der Waals surface area (Å²) in [5.74, 6) is 2.61. The first-order valence-corrected chi connectivity index (χ1v) is 8.41. The molecule has 0 aromatic heterocycles. The van der Waals surface area contributed by atoms with Gasteiger partial charge in [-0.2, -0.15) is 0 Å². The van der Waals surface area contributed by atoms with Crippen LogP contribution >= 0.6 is 0 Å². The Morgan fingerprint density at radius 3 is 2.43 bits per heavy atom. The highest BCUT2D eigenvalue weighted by Crippen LogP contribution is 2.42. The zero-order valence-corrected chi connectivity index (χ0v) is 14.5. The van der Waals surface area contributed by atoms with Crippen LogP contribution in [-0.2, 0) is 12.8 Å². The molecule has 0 saturated heterocycles. The molecule has 0 bridgehead atoms. The van der Waals surface area contributed by atoms with E-state index in [1.165, 1.54) is 17.5 Å². The van der Waals surface area contributed by atoms with Crippen LogP contribution in [0.1, 0.15) is 52.2 Å². The van der Waals surface area contributed by atoms with Crippen molar-refractivity contribution in [1.29, 1.82) is 0 Å². The van der Waals surface area contributed by atoms with Gasteiger partial charge in [-0.15, -0.1) is 0 Å². The predicted molar refractivity (Wildman–Crippen MR) is 89.3 cm³/mol. The Balaban J connectivity index is 0.000000510. The molecule has 2 unspecified atom stereocenters. The molecule has 3 heteroatoms. The average Bonchev–Trinajstić information content (AvgIpc) is 3.06. The van der Waals surface area contributed by atoms with Gasteiger partial charge >= 0.3 is 0 Å². The molecule has 1 N–H and O–H groups in total. The van der Waals surface area contributed by atoms with E-state index in [-0.39, 0.29) is 0 Å². The molecule has 1 aromatic rings. The van der Waals surface area contributed by atoms with Crippen molar-refractivity contribution in [3.8, 4) is 11.5 Å². The van der Waals surface area contributed by atoms with E-state index in [2.05, 4.69) is 25.4 Å². The summed E-state index contributed by atoms with van der Waals surface area (Å²) < 4.78 is 11.1. The largest absolute Gasteiger partial charge is 0.454 e. The Morgan fingerprint density at radius 2 is 1.81 bits per heavy atom. The van der Waals surface area contributed by atoms with Crippen LogP contribution in [0.5, 0.6) is 11.5 Å². The fourth-order valence-electron chi connectivity index (χ4n) is 3.06. The number of benzene rings is 1. The van der Waals surface area contributed by atoms with E-state index in [1.807, 2.05) is 33.8 Å². The normalized spacial score (nSPS) is 21.4. The summed E-state index contributed by atoms with van der Waals surface area (Å²) in [7, 11) is 2.06. The zero-order valence-electron chi connectivity index (χ0n) is 14.5. The molecule has 0 radical (unpaired) electrons. The monoisotopic (exact) mass is 293 g/mol. The van der Waals surface area contributed by atoms with Crippen molar-refractivity contribution < 1.29 is 9.47 Å². The molecule has 1 aromatic carbocycles. The van der Waals surface area contributed by atoms with Crippen molar-refractivity contribution in [3.63, 3.8) is 0 Å². The smallest absolute Gasteiger partial charge is 0.231 e. The number of hydrogen-bond donors (Lipinski definition) is 1. The summed E-state index contributed by atoms with van der Waals surface area (Å²) in [4.78, 5) is 0. The first-order chi connectivity index (χ1) is 10.3. The predicted octanol–water partition coefficient (Wildman–Crippen LogP) is 4.18. The number of likely N-dealkylation sites (N-methyl/N-ethyl adjacent to an activating group) is 1. The molecule has 3 rings (SSSR count). The van der Waals surface area contributed by atoms with Gasteiger partial charge in [0.25, 0.3) is 0 Å². The van der Waals surface area contributed by atoms with Gasteiger partial charge in [-0.3, -0.25) is 0 Å². The van der Waals surface area contributed by atoms with Gasteiger partial charge in [-0.1, -0.05) is 47.1 Å². The van der Waals surface area contributed by atoms with Gasteiger partial charge in [0, 0.05) is 11.6 Å². The van der Waals surface area contributed by atoms with Crippen molar-refractivity contribution in [2.24, 2.45) is 5.92 Å². The van der Waals surface area contributed by atoms with Crippen LogP contribution < -0.4 is 14.8 Å². The van der Waals surface area contributed by atoms with Crippen LogP contribution in [0, 0.1) is 5.92 Å². The minimum atomic E-state index is 0.373. The minimum absolute atomic E-state index is 0.373. The van der Waals surface area contributed by atoms with E-state index in [0.29, 0.717) is 18.8 Å². The third-order valence-electron chi connectivity index (χ3n) is 4.11. The quantitative estimate of drug-likeness (QED) is 0.887. The van der Waals surface area contributed by atoms with Crippen LogP contribution in [0.2, 0.25) is 0 Å². The fraction of sp³-hybridized carbons (Fsp3) is 0.667. The third-order valence-corrected chi connectivity index (χ3v) is 4.11. The molecule has 1 aliphatic heterocycles. The number of fused-ring (bicyclic) bond motifs is 3. The first-order valence-electron chi connectivity index (χ1n) is 8.41. The van der Waals surface area contributed by atoms with E-state index in [9.17, 15) is 0 Å². The van der Waals surface area contributed by atoms with Crippen LogP contribution in [-0.4, -0.2) is 19.9 Å². The van der Waals surface area contributed by atoms with Gasteiger partial charge in [-0.25, -0.2) is 0 Å². The second-order valence-corrected chi connectivity index (χ2v) is 4.91. The summed E-state index contributed by atoms with van der Waals surface area (Å²) in [5, 5.41) is 3.44. The molecule has 2 atom stereocenters. The minimum Gasteiger partial charge on any atom is -0.454 e. The zero-order chi connectivity index (χ0) is 15.8. The van der Waals surface area contributed by atoms with Crippen LogP contribution in [0.4, 0.5) is 0 Å². The number of nitrogens with one attached hydrogen (secondary N) is 1. The van der Waals surface area contributed by atoms with Gasteiger partial charge < -0.3 is 14.8 Å². The molecule has 0 spiro atoms. The number of rotatable bonds is 2. The standard InChI is InChI=1S/C14H19NO2.2C2H6/c1-3-9-6-11-10(7-12(9)15-2)4-5-13-14(11)17-8-16-13;2*1-2/h4-5,9,12,15H,3,6-8H2,1-2H3;2*1-2H3. The van der Waals surface area contributed by atoms with Gasteiger partial charge in [0.2, 0.25) is 6.79 Å². The van der Waals surface area contributed by atoms with Crippen molar-refractivity contribution >= 4 is 0 Å². The highest BCUT2D eigenvalue weighted by molar-refractivity contribution is 5.53. The Labute approximate surface area is 130 Å². The van der Waals surface area contributed by atoms with E-state index in [4.69, 9.17) is 9.47 Å². The van der Waals surface area contributed by atoms with Crippen molar-refractivity contribution in [2.75, 3.05) is 13.8 Å². The summed E-state index contributed by atoms with van der Waals surface area (Å²) in [6.07, 6.45) is 3.40. The lowest BCUT2D eigenvalue weighted by atomic mass is 9.78. The SMILES string of the molecule is CC.CC.CCC1Cc2c(ccc3c2OCO3)CC1NC. The summed E-state index contributed by atoms with van der Waals surface area (Å²) in [6, 6.07) is 4.83. The van der Waals surface area contributed by atoms with Gasteiger partial charge in [0.1, 0.15) is 0 Å². The molecule has 3 nitrogen and oxygen atoms in total. The highest BCUT2D eigenvalue weighted by Gasteiger charge is 2.31. The molecule has 2 aliphatic rings. The van der Waals surface area contributed by atoms with E-state index in [0.717, 1.165) is 24.3 Å². The Hall–Kier alpha value is -1.22. The van der Waals surface area contributed by atoms with E-state index >= 15 is 0 Å². The maximum absolute atomic E-state index is 5.62. The van der Waals surface area contributed by atoms with E-state index in [1.54, 1.807) is 0 Å². The molecule has 120 valence electrons. The lowest BCUT2D eigenvalue weighted by Crippen LogP contribution is -2.39. The molecular formula is C18H31NO2. The lowest BCUT2D eigenvalue weighted by molar-refractivity contribution is 0.172. The molecule has 1 aliphatic carbocycles. The second kappa shape index (κ2) is 8.93. The van der Waals surface area contributed by atoms with Crippen molar-refractivity contribution in [1.82, 2.24) is 5.32 Å². The maximum Gasteiger partial charge on any atom is 0.231 e.